The number of allylic oxidation sites excluding steroid dienone is 1. The number of hydrogen-bond acceptors (Lipinski definition) is 7. The number of halogens is 1. The summed E-state index contributed by atoms with van der Waals surface area (Å²) in [6, 6.07) is 5.16. The lowest BCUT2D eigenvalue weighted by atomic mass is 9.95. The van der Waals surface area contributed by atoms with Gasteiger partial charge in [-0.1, -0.05) is 34.9 Å². The summed E-state index contributed by atoms with van der Waals surface area (Å²) in [6.07, 6.45) is 1.62. The quantitative estimate of drug-likeness (QED) is 0.665. The molecule has 9 heteroatoms. The third kappa shape index (κ3) is 3.97. The molecule has 1 atom stereocenters. The van der Waals surface area contributed by atoms with Gasteiger partial charge in [0.05, 0.1) is 18.8 Å². The van der Waals surface area contributed by atoms with Gasteiger partial charge in [0.15, 0.2) is 0 Å². The molecule has 0 saturated carbocycles. The van der Waals surface area contributed by atoms with Gasteiger partial charge in [0, 0.05) is 15.7 Å². The van der Waals surface area contributed by atoms with E-state index in [1.807, 2.05) is 39.0 Å². The van der Waals surface area contributed by atoms with Gasteiger partial charge in [-0.25, -0.2) is 4.79 Å². The summed E-state index contributed by atoms with van der Waals surface area (Å²) in [6.45, 7) is 6.73. The summed E-state index contributed by atoms with van der Waals surface area (Å²) in [5.74, 6) is 0.752. The Balaban J connectivity index is 2.13. The van der Waals surface area contributed by atoms with E-state index in [1.165, 1.54) is 0 Å². The van der Waals surface area contributed by atoms with Crippen LogP contribution in [-0.4, -0.2) is 39.4 Å². The highest BCUT2D eigenvalue weighted by Crippen LogP contribution is 2.40. The number of tetrazole rings is 1. The number of hydrogen-bond donors (Lipinski definition) is 1. The third-order valence-electron chi connectivity index (χ3n) is 4.10. The van der Waals surface area contributed by atoms with Crippen LogP contribution in [0.5, 0.6) is 5.75 Å². The van der Waals surface area contributed by atoms with Gasteiger partial charge in [0.2, 0.25) is 5.95 Å². The number of anilines is 1. The number of esters is 1. The van der Waals surface area contributed by atoms with Gasteiger partial charge in [0.25, 0.3) is 0 Å². The van der Waals surface area contributed by atoms with Crippen LogP contribution < -0.4 is 10.1 Å². The van der Waals surface area contributed by atoms with E-state index in [-0.39, 0.29) is 0 Å². The molecule has 1 aromatic carbocycles. The largest absolute Gasteiger partial charge is 0.493 e. The molecule has 1 N–H and O–H groups in total. The van der Waals surface area contributed by atoms with E-state index in [9.17, 15) is 4.79 Å². The fraction of sp³-hybridized carbons (Fsp3) is 0.444. The van der Waals surface area contributed by atoms with Crippen molar-refractivity contribution in [1.82, 2.24) is 20.2 Å². The Hall–Kier alpha value is -2.42. The topological polar surface area (TPSA) is 91.2 Å². The number of nitrogens with one attached hydrogen (secondary N) is 1. The average Bonchev–Trinajstić information content (AvgIpc) is 3.11. The molecule has 1 aromatic heterocycles. The molecule has 0 fully saturated rings. The van der Waals surface area contributed by atoms with E-state index in [0.29, 0.717) is 36.2 Å². The lowest BCUT2D eigenvalue weighted by molar-refractivity contribution is -0.139. The fourth-order valence-electron chi connectivity index (χ4n) is 2.91. The number of carbonyl (C=O) groups excluding carboxylic acids is 1. The Morgan fingerprint density at radius 2 is 2.07 bits per heavy atom. The first-order chi connectivity index (χ1) is 13.1. The Morgan fingerprint density at radius 1 is 1.30 bits per heavy atom. The van der Waals surface area contributed by atoms with E-state index in [0.717, 1.165) is 22.9 Å². The van der Waals surface area contributed by atoms with Crippen molar-refractivity contribution in [2.24, 2.45) is 0 Å². The second-order valence-electron chi connectivity index (χ2n) is 6.18. The SMILES string of the molecule is CCCOC(=O)C1=C(C)Nc2nnnn2[C@H]1c1cc(Br)ccc1OCCC. The lowest BCUT2D eigenvalue weighted by Gasteiger charge is -2.28. The standard InChI is InChI=1S/C18H22BrN5O3/c1-4-8-26-14-7-6-12(19)10-13(14)16-15(17(25)27-9-5-2)11(3)20-18-21-22-23-24(16)18/h6-7,10,16H,4-5,8-9H2,1-3H3,(H,20,21,23)/t16-/m0/s1. The molecule has 0 bridgehead atoms. The zero-order valence-corrected chi connectivity index (χ0v) is 17.1. The Labute approximate surface area is 166 Å². The second-order valence-corrected chi connectivity index (χ2v) is 7.10. The van der Waals surface area contributed by atoms with E-state index in [2.05, 4.69) is 36.8 Å². The van der Waals surface area contributed by atoms with E-state index < -0.39 is 12.0 Å². The molecule has 2 aromatic rings. The van der Waals surface area contributed by atoms with Gasteiger partial charge in [-0.3, -0.25) is 0 Å². The van der Waals surface area contributed by atoms with Crippen molar-refractivity contribution in [3.8, 4) is 5.75 Å². The van der Waals surface area contributed by atoms with Crippen LogP contribution in [0.15, 0.2) is 33.9 Å². The molecular weight excluding hydrogens is 414 g/mol. The fourth-order valence-corrected chi connectivity index (χ4v) is 3.29. The molecule has 0 unspecified atom stereocenters. The summed E-state index contributed by atoms with van der Waals surface area (Å²) >= 11 is 3.51. The van der Waals surface area contributed by atoms with Crippen LogP contribution in [0.4, 0.5) is 5.95 Å². The summed E-state index contributed by atoms with van der Waals surface area (Å²) in [5.41, 5.74) is 1.91. The first-order valence-corrected chi connectivity index (χ1v) is 9.71. The minimum atomic E-state index is -0.551. The molecule has 27 heavy (non-hydrogen) atoms. The van der Waals surface area contributed by atoms with Gasteiger partial charge in [-0.15, -0.1) is 0 Å². The van der Waals surface area contributed by atoms with Crippen LogP contribution in [0, 0.1) is 0 Å². The molecule has 0 radical (unpaired) electrons. The Kier molecular flexibility index (Phi) is 6.10. The van der Waals surface area contributed by atoms with Gasteiger partial charge in [-0.2, -0.15) is 4.68 Å². The number of aromatic nitrogens is 4. The molecule has 0 amide bonds. The number of rotatable bonds is 7. The number of fused-ring (bicyclic) bond motifs is 1. The van der Waals surface area contributed by atoms with Crippen LogP contribution in [0.3, 0.4) is 0 Å². The minimum Gasteiger partial charge on any atom is -0.493 e. The molecule has 1 aliphatic heterocycles. The Morgan fingerprint density at radius 3 is 2.81 bits per heavy atom. The molecule has 144 valence electrons. The van der Waals surface area contributed by atoms with Gasteiger partial charge in [0.1, 0.15) is 11.8 Å². The first-order valence-electron chi connectivity index (χ1n) is 8.91. The molecule has 8 nitrogen and oxygen atoms in total. The predicted molar refractivity (Wildman–Crippen MR) is 103 cm³/mol. The molecule has 2 heterocycles. The number of benzene rings is 1. The predicted octanol–water partition coefficient (Wildman–Crippen LogP) is 3.47. The second kappa shape index (κ2) is 8.51. The lowest BCUT2D eigenvalue weighted by Crippen LogP contribution is -2.30. The molecule has 1 aliphatic rings. The number of nitrogens with zero attached hydrogens (tertiary/aromatic N) is 4. The highest BCUT2D eigenvalue weighted by atomic mass is 79.9. The molecular formula is C18H22BrN5O3. The maximum absolute atomic E-state index is 12.8. The van der Waals surface area contributed by atoms with Crippen LogP contribution in [0.1, 0.15) is 45.2 Å². The van der Waals surface area contributed by atoms with E-state index in [1.54, 1.807) is 4.68 Å². The minimum absolute atomic E-state index is 0.350. The first kappa shape index (κ1) is 19.3. The van der Waals surface area contributed by atoms with Gasteiger partial charge >= 0.3 is 5.97 Å². The van der Waals surface area contributed by atoms with E-state index in [4.69, 9.17) is 9.47 Å². The molecule has 0 aliphatic carbocycles. The normalized spacial score (nSPS) is 15.9. The summed E-state index contributed by atoms with van der Waals surface area (Å²) in [5, 5.41) is 14.9. The maximum Gasteiger partial charge on any atom is 0.338 e. The number of ether oxygens (including phenoxy) is 2. The third-order valence-corrected chi connectivity index (χ3v) is 4.59. The van der Waals surface area contributed by atoms with Crippen LogP contribution >= 0.6 is 15.9 Å². The van der Waals surface area contributed by atoms with Crippen molar-refractivity contribution in [1.29, 1.82) is 0 Å². The van der Waals surface area contributed by atoms with Crippen molar-refractivity contribution in [2.75, 3.05) is 18.5 Å². The highest BCUT2D eigenvalue weighted by molar-refractivity contribution is 9.10. The highest BCUT2D eigenvalue weighted by Gasteiger charge is 2.36. The molecule has 0 saturated heterocycles. The number of carbonyl (C=O) groups is 1. The Bertz CT molecular complexity index is 864. The zero-order chi connectivity index (χ0) is 19.4. The monoisotopic (exact) mass is 435 g/mol. The van der Waals surface area contributed by atoms with Crippen LogP contribution in [0.25, 0.3) is 0 Å². The summed E-state index contributed by atoms with van der Waals surface area (Å²) < 4.78 is 13.8. The summed E-state index contributed by atoms with van der Waals surface area (Å²) in [7, 11) is 0. The van der Waals surface area contributed by atoms with Crippen LogP contribution in [-0.2, 0) is 9.53 Å². The van der Waals surface area contributed by atoms with E-state index >= 15 is 0 Å². The molecule has 0 spiro atoms. The van der Waals surface area contributed by atoms with Crippen LogP contribution in [0.2, 0.25) is 0 Å². The van der Waals surface area contributed by atoms with Crippen molar-refractivity contribution in [3.63, 3.8) is 0 Å². The maximum atomic E-state index is 12.8. The van der Waals surface area contributed by atoms with Crippen molar-refractivity contribution in [3.05, 3.63) is 39.5 Å². The summed E-state index contributed by atoms with van der Waals surface area (Å²) in [4.78, 5) is 12.8. The van der Waals surface area contributed by atoms with Crippen molar-refractivity contribution in [2.45, 2.75) is 39.7 Å². The zero-order valence-electron chi connectivity index (χ0n) is 15.5. The molecule has 3 rings (SSSR count). The van der Waals surface area contributed by atoms with Crippen molar-refractivity contribution < 1.29 is 14.3 Å². The smallest absolute Gasteiger partial charge is 0.338 e. The van der Waals surface area contributed by atoms with Crippen molar-refractivity contribution >= 4 is 27.8 Å². The average molecular weight is 436 g/mol. The van der Waals surface area contributed by atoms with Gasteiger partial charge in [-0.05, 0) is 48.4 Å². The van der Waals surface area contributed by atoms with Gasteiger partial charge < -0.3 is 14.8 Å².